The lowest BCUT2D eigenvalue weighted by Crippen LogP contribution is -2.38. The second-order valence-corrected chi connectivity index (χ2v) is 9.40. The molecule has 0 atom stereocenters. The number of aryl methyl sites for hydroxylation is 1. The maximum Gasteiger partial charge on any atom is 0.246 e. The molecule has 7 heteroatoms. The summed E-state index contributed by atoms with van der Waals surface area (Å²) in [6.45, 7) is 7.52. The van der Waals surface area contributed by atoms with Crippen molar-refractivity contribution in [1.29, 1.82) is 0 Å². The largest absolute Gasteiger partial charge is 0.492 e. The molecule has 3 rings (SSSR count). The zero-order valence-electron chi connectivity index (χ0n) is 14.9. The molecule has 0 unspecified atom stereocenters. The number of rotatable bonds is 5. The highest BCUT2D eigenvalue weighted by molar-refractivity contribution is 7.89. The Morgan fingerprint density at radius 3 is 2.64 bits per heavy atom. The second kappa shape index (κ2) is 7.43. The molecule has 0 saturated carbocycles. The summed E-state index contributed by atoms with van der Waals surface area (Å²) in [5, 5.41) is 2.91. The van der Waals surface area contributed by atoms with E-state index < -0.39 is 10.0 Å². The topological polar surface area (TPSA) is 59.5 Å². The molecule has 0 spiro atoms. The first-order valence-corrected chi connectivity index (χ1v) is 10.9. The number of ether oxygens (including phenoxy) is 1. The first-order valence-electron chi connectivity index (χ1n) is 8.61. The van der Waals surface area contributed by atoms with Gasteiger partial charge in [-0.3, -0.25) is 0 Å². The molecular weight excluding hydrogens is 356 g/mol. The summed E-state index contributed by atoms with van der Waals surface area (Å²) >= 11 is 1.55. The zero-order valence-corrected chi connectivity index (χ0v) is 16.5. The van der Waals surface area contributed by atoms with Crippen molar-refractivity contribution in [2.75, 3.05) is 19.7 Å². The molecule has 0 aliphatic carbocycles. The fraction of sp³-hybridized carbons (Fsp3) is 0.500. The minimum Gasteiger partial charge on any atom is -0.492 e. The summed E-state index contributed by atoms with van der Waals surface area (Å²) in [5.41, 5.74) is 1.60. The van der Waals surface area contributed by atoms with Crippen molar-refractivity contribution in [3.63, 3.8) is 0 Å². The lowest BCUT2D eigenvalue weighted by atomic mass is 10.0. The summed E-state index contributed by atoms with van der Waals surface area (Å²) in [6, 6.07) is 5.32. The standard InChI is InChI=1S/C18H24N2O3S2/c1-4-23-17-6-5-15(16-12-24-14(3)19-16)11-18(17)25(21,22)20-9-7-13(2)8-10-20/h5-6,11-13H,4,7-10H2,1-3H3. The molecule has 0 bridgehead atoms. The van der Waals surface area contributed by atoms with Crippen molar-refractivity contribution >= 4 is 21.4 Å². The highest BCUT2D eigenvalue weighted by Gasteiger charge is 2.31. The first kappa shape index (κ1) is 18.4. The maximum absolute atomic E-state index is 13.2. The van der Waals surface area contributed by atoms with Gasteiger partial charge < -0.3 is 4.74 Å². The van der Waals surface area contributed by atoms with Gasteiger partial charge in [-0.15, -0.1) is 11.3 Å². The molecule has 5 nitrogen and oxygen atoms in total. The van der Waals surface area contributed by atoms with Crippen molar-refractivity contribution in [2.24, 2.45) is 5.92 Å². The van der Waals surface area contributed by atoms with E-state index in [2.05, 4.69) is 11.9 Å². The van der Waals surface area contributed by atoms with E-state index in [1.165, 1.54) is 0 Å². The van der Waals surface area contributed by atoms with Crippen molar-refractivity contribution in [3.05, 3.63) is 28.6 Å². The van der Waals surface area contributed by atoms with E-state index >= 15 is 0 Å². The van der Waals surface area contributed by atoms with Gasteiger partial charge in [-0.1, -0.05) is 6.92 Å². The fourth-order valence-electron chi connectivity index (χ4n) is 3.00. The molecule has 1 fully saturated rings. The van der Waals surface area contributed by atoms with Crippen LogP contribution in [0.2, 0.25) is 0 Å². The highest BCUT2D eigenvalue weighted by atomic mass is 32.2. The van der Waals surface area contributed by atoms with Crippen LogP contribution in [-0.2, 0) is 10.0 Å². The van der Waals surface area contributed by atoms with E-state index in [0.717, 1.165) is 29.1 Å². The van der Waals surface area contributed by atoms with E-state index in [-0.39, 0.29) is 4.90 Å². The number of nitrogens with zero attached hydrogens (tertiary/aromatic N) is 2. The van der Waals surface area contributed by atoms with Crippen molar-refractivity contribution in [2.45, 2.75) is 38.5 Å². The van der Waals surface area contributed by atoms with Crippen LogP contribution in [0.1, 0.15) is 31.7 Å². The normalized spacial score (nSPS) is 16.9. The van der Waals surface area contributed by atoms with Crippen molar-refractivity contribution in [3.8, 4) is 17.0 Å². The van der Waals surface area contributed by atoms with E-state index in [4.69, 9.17) is 4.74 Å². The van der Waals surface area contributed by atoms with Crippen LogP contribution in [0.15, 0.2) is 28.5 Å². The number of sulfonamides is 1. The Morgan fingerprint density at radius 2 is 2.04 bits per heavy atom. The van der Waals surface area contributed by atoms with Crippen LogP contribution in [0.4, 0.5) is 0 Å². The van der Waals surface area contributed by atoms with Crippen LogP contribution >= 0.6 is 11.3 Å². The average molecular weight is 381 g/mol. The second-order valence-electron chi connectivity index (χ2n) is 6.43. The van der Waals surface area contributed by atoms with Crippen LogP contribution in [0.5, 0.6) is 5.75 Å². The van der Waals surface area contributed by atoms with E-state index in [0.29, 0.717) is 31.4 Å². The number of hydrogen-bond acceptors (Lipinski definition) is 5. The van der Waals surface area contributed by atoms with Gasteiger partial charge in [-0.05, 0) is 50.8 Å². The molecule has 1 saturated heterocycles. The molecule has 1 aliphatic rings. The van der Waals surface area contributed by atoms with Gasteiger partial charge in [-0.25, -0.2) is 13.4 Å². The Morgan fingerprint density at radius 1 is 1.32 bits per heavy atom. The first-order chi connectivity index (χ1) is 11.9. The maximum atomic E-state index is 13.2. The molecule has 2 aromatic rings. The van der Waals surface area contributed by atoms with Gasteiger partial charge in [0.25, 0.3) is 0 Å². The number of thiazole rings is 1. The third-order valence-electron chi connectivity index (χ3n) is 4.52. The van der Waals surface area contributed by atoms with Gasteiger partial charge in [0.05, 0.1) is 17.3 Å². The SMILES string of the molecule is CCOc1ccc(-c2csc(C)n2)cc1S(=O)(=O)N1CCC(C)CC1. The Labute approximate surface area is 153 Å². The van der Waals surface area contributed by atoms with Gasteiger partial charge >= 0.3 is 0 Å². The van der Waals surface area contributed by atoms with Crippen LogP contribution in [0.25, 0.3) is 11.3 Å². The van der Waals surface area contributed by atoms with Gasteiger partial charge in [-0.2, -0.15) is 4.31 Å². The predicted octanol–water partition coefficient (Wildman–Crippen LogP) is 3.94. The molecule has 1 aliphatic heterocycles. The average Bonchev–Trinajstić information content (AvgIpc) is 3.02. The number of benzene rings is 1. The van der Waals surface area contributed by atoms with Gasteiger partial charge in [0.2, 0.25) is 10.0 Å². The minimum absolute atomic E-state index is 0.243. The molecule has 1 aromatic heterocycles. The summed E-state index contributed by atoms with van der Waals surface area (Å²) in [7, 11) is -3.58. The summed E-state index contributed by atoms with van der Waals surface area (Å²) in [5.74, 6) is 0.985. The minimum atomic E-state index is -3.58. The predicted molar refractivity (Wildman–Crippen MR) is 101 cm³/mol. The Balaban J connectivity index is 2.02. The molecule has 1 aromatic carbocycles. The smallest absolute Gasteiger partial charge is 0.246 e. The number of piperidine rings is 1. The van der Waals surface area contributed by atoms with E-state index in [1.54, 1.807) is 27.8 Å². The molecular formula is C18H24N2O3S2. The number of aromatic nitrogens is 1. The summed E-state index contributed by atoms with van der Waals surface area (Å²) < 4.78 is 33.6. The van der Waals surface area contributed by atoms with E-state index in [1.807, 2.05) is 25.3 Å². The van der Waals surface area contributed by atoms with Gasteiger partial charge in [0, 0.05) is 24.0 Å². The van der Waals surface area contributed by atoms with Crippen molar-refractivity contribution in [1.82, 2.24) is 9.29 Å². The lowest BCUT2D eigenvalue weighted by molar-refractivity contribution is 0.285. The molecule has 25 heavy (non-hydrogen) atoms. The monoisotopic (exact) mass is 380 g/mol. The molecule has 0 radical (unpaired) electrons. The van der Waals surface area contributed by atoms with Crippen LogP contribution in [-0.4, -0.2) is 37.4 Å². The molecule has 0 N–H and O–H groups in total. The Bertz CT molecular complexity index is 838. The molecule has 2 heterocycles. The molecule has 0 amide bonds. The number of hydrogen-bond donors (Lipinski definition) is 0. The highest BCUT2D eigenvalue weighted by Crippen LogP contribution is 2.34. The zero-order chi connectivity index (χ0) is 18.0. The lowest BCUT2D eigenvalue weighted by Gasteiger charge is -2.30. The van der Waals surface area contributed by atoms with Gasteiger partial charge in [0.1, 0.15) is 10.6 Å². The van der Waals surface area contributed by atoms with Gasteiger partial charge in [0.15, 0.2) is 0 Å². The van der Waals surface area contributed by atoms with Crippen LogP contribution < -0.4 is 4.74 Å². The molecule has 136 valence electrons. The van der Waals surface area contributed by atoms with Crippen LogP contribution in [0, 0.1) is 12.8 Å². The third-order valence-corrected chi connectivity index (χ3v) is 7.21. The van der Waals surface area contributed by atoms with Crippen LogP contribution in [0.3, 0.4) is 0 Å². The summed E-state index contributed by atoms with van der Waals surface area (Å²) in [6.07, 6.45) is 1.79. The quantitative estimate of drug-likeness (QED) is 0.788. The Hall–Kier alpha value is -1.44. The Kier molecular flexibility index (Phi) is 5.46. The van der Waals surface area contributed by atoms with E-state index in [9.17, 15) is 8.42 Å². The van der Waals surface area contributed by atoms with Crippen molar-refractivity contribution < 1.29 is 13.2 Å². The summed E-state index contributed by atoms with van der Waals surface area (Å²) in [4.78, 5) is 4.71. The third kappa shape index (κ3) is 3.88. The fourth-order valence-corrected chi connectivity index (χ4v) is 5.25.